The summed E-state index contributed by atoms with van der Waals surface area (Å²) in [4.78, 5) is 18.6. The third-order valence-electron chi connectivity index (χ3n) is 3.24. The monoisotopic (exact) mass is 355 g/mol. The highest BCUT2D eigenvalue weighted by Gasteiger charge is 2.18. The van der Waals surface area contributed by atoms with Crippen molar-refractivity contribution in [2.45, 2.75) is 13.0 Å². The van der Waals surface area contributed by atoms with Crippen LogP contribution in [0.2, 0.25) is 0 Å². The Balaban J connectivity index is 0.00000264. The molecule has 1 aromatic heterocycles. The fourth-order valence-corrected chi connectivity index (χ4v) is 2.88. The number of aromatic nitrogens is 1. The van der Waals surface area contributed by atoms with Crippen molar-refractivity contribution in [2.24, 2.45) is 5.73 Å². The number of carbonyl (C=O) groups excluding carboxylic acids is 1. The normalized spacial score (nSPS) is 10.2. The lowest BCUT2D eigenvalue weighted by molar-refractivity contribution is 0.0756. The molecule has 0 aliphatic rings. The summed E-state index contributed by atoms with van der Waals surface area (Å²) >= 11 is 1.44. The number of thiazole rings is 1. The van der Waals surface area contributed by atoms with Crippen LogP contribution in [0.1, 0.15) is 21.1 Å². The maximum atomic E-state index is 12.5. The summed E-state index contributed by atoms with van der Waals surface area (Å²) in [5, 5.41) is 2.59. The maximum Gasteiger partial charge on any atom is 0.273 e. The second-order valence-electron chi connectivity index (χ2n) is 4.88. The van der Waals surface area contributed by atoms with E-state index in [0.717, 1.165) is 11.4 Å². The molecule has 0 aliphatic heterocycles. The molecular formula is C16H22ClN3O2S. The molecule has 2 aromatic rings. The van der Waals surface area contributed by atoms with Crippen molar-refractivity contribution < 1.29 is 9.53 Å². The van der Waals surface area contributed by atoms with Crippen LogP contribution in [-0.2, 0) is 17.8 Å². The molecule has 0 saturated heterocycles. The summed E-state index contributed by atoms with van der Waals surface area (Å²) in [6, 6.07) is 10.1. The molecule has 1 amide bonds. The number of benzene rings is 1. The predicted molar refractivity (Wildman–Crippen MR) is 95.2 cm³/mol. The summed E-state index contributed by atoms with van der Waals surface area (Å²) in [5.74, 6) is -0.0695. The largest absolute Gasteiger partial charge is 0.378 e. The molecule has 23 heavy (non-hydrogen) atoms. The first-order chi connectivity index (χ1) is 10.7. The van der Waals surface area contributed by atoms with Crippen LogP contribution in [0.5, 0.6) is 0 Å². The highest BCUT2D eigenvalue weighted by atomic mass is 35.5. The van der Waals surface area contributed by atoms with E-state index in [-0.39, 0.29) is 18.3 Å². The third kappa shape index (κ3) is 5.91. The van der Waals surface area contributed by atoms with Crippen LogP contribution >= 0.6 is 23.7 Å². The van der Waals surface area contributed by atoms with Crippen molar-refractivity contribution in [1.29, 1.82) is 0 Å². The van der Waals surface area contributed by atoms with Crippen LogP contribution in [0.25, 0.3) is 0 Å². The average molecular weight is 356 g/mol. The van der Waals surface area contributed by atoms with E-state index in [1.54, 1.807) is 17.4 Å². The summed E-state index contributed by atoms with van der Waals surface area (Å²) in [6.07, 6.45) is 0.807. The molecule has 2 N–H and O–H groups in total. The van der Waals surface area contributed by atoms with Crippen LogP contribution in [0.4, 0.5) is 0 Å². The minimum atomic E-state index is -0.0695. The summed E-state index contributed by atoms with van der Waals surface area (Å²) in [5.41, 5.74) is 7.31. The van der Waals surface area contributed by atoms with Gasteiger partial charge in [-0.2, -0.15) is 0 Å². The smallest absolute Gasteiger partial charge is 0.273 e. The van der Waals surface area contributed by atoms with Gasteiger partial charge < -0.3 is 15.4 Å². The van der Waals surface area contributed by atoms with Crippen LogP contribution in [0.15, 0.2) is 35.7 Å². The molecule has 0 fully saturated rings. The Hall–Kier alpha value is -1.47. The van der Waals surface area contributed by atoms with Crippen LogP contribution < -0.4 is 5.73 Å². The van der Waals surface area contributed by atoms with Gasteiger partial charge in [-0.3, -0.25) is 4.79 Å². The molecule has 1 heterocycles. The second-order valence-corrected chi connectivity index (χ2v) is 5.82. The zero-order chi connectivity index (χ0) is 15.8. The number of hydrogen-bond donors (Lipinski definition) is 1. The Labute approximate surface area is 146 Å². The topological polar surface area (TPSA) is 68.5 Å². The zero-order valence-electron chi connectivity index (χ0n) is 13.1. The molecule has 0 atom stereocenters. The molecule has 126 valence electrons. The number of nitrogens with two attached hydrogens (primary N) is 1. The molecular weight excluding hydrogens is 334 g/mol. The lowest BCUT2D eigenvalue weighted by Gasteiger charge is -2.21. The van der Waals surface area contributed by atoms with E-state index < -0.39 is 0 Å². The van der Waals surface area contributed by atoms with Gasteiger partial charge in [0.1, 0.15) is 10.7 Å². The average Bonchev–Trinajstić information content (AvgIpc) is 3.01. The Morgan fingerprint density at radius 3 is 2.70 bits per heavy atom. The summed E-state index contributed by atoms with van der Waals surface area (Å²) in [6.45, 7) is 2.04. The first-order valence-electron chi connectivity index (χ1n) is 7.21. The second kappa shape index (κ2) is 10.3. The summed E-state index contributed by atoms with van der Waals surface area (Å²) in [7, 11) is 1.61. The van der Waals surface area contributed by atoms with E-state index in [0.29, 0.717) is 31.9 Å². The Morgan fingerprint density at radius 1 is 1.30 bits per heavy atom. The lowest BCUT2D eigenvalue weighted by Crippen LogP contribution is -2.37. The molecule has 0 saturated carbocycles. The van der Waals surface area contributed by atoms with Gasteiger partial charge in [0, 0.05) is 32.1 Å². The standard InChI is InChI=1S/C16H21N3O2S.ClH/c1-21-11-15-18-14(12-22-15)16(20)19(10-8-17)9-7-13-5-3-2-4-6-13;/h2-6,12H,7-11,17H2,1H3;1H. The Morgan fingerprint density at radius 2 is 2.04 bits per heavy atom. The third-order valence-corrected chi connectivity index (χ3v) is 4.06. The molecule has 0 bridgehead atoms. The lowest BCUT2D eigenvalue weighted by atomic mass is 10.1. The van der Waals surface area contributed by atoms with Gasteiger partial charge in [-0.1, -0.05) is 30.3 Å². The molecule has 2 rings (SSSR count). The highest BCUT2D eigenvalue weighted by molar-refractivity contribution is 7.09. The zero-order valence-corrected chi connectivity index (χ0v) is 14.7. The fourth-order valence-electron chi connectivity index (χ4n) is 2.14. The first-order valence-corrected chi connectivity index (χ1v) is 8.09. The van der Waals surface area contributed by atoms with Gasteiger partial charge in [-0.05, 0) is 12.0 Å². The van der Waals surface area contributed by atoms with Crippen LogP contribution in [0.3, 0.4) is 0 Å². The number of methoxy groups -OCH3 is 1. The SMILES string of the molecule is COCc1nc(C(=O)N(CCN)CCc2ccccc2)cs1.Cl. The minimum absolute atomic E-state index is 0. The maximum absolute atomic E-state index is 12.5. The molecule has 0 unspecified atom stereocenters. The van der Waals surface area contributed by atoms with Gasteiger partial charge in [-0.25, -0.2) is 4.98 Å². The van der Waals surface area contributed by atoms with Crippen LogP contribution in [-0.4, -0.2) is 42.5 Å². The van der Waals surface area contributed by atoms with Gasteiger partial charge >= 0.3 is 0 Å². The van der Waals surface area contributed by atoms with Gasteiger partial charge in [0.05, 0.1) is 6.61 Å². The number of hydrogen-bond acceptors (Lipinski definition) is 5. The van der Waals surface area contributed by atoms with Gasteiger partial charge in [0.15, 0.2) is 0 Å². The Bertz CT molecular complexity index is 592. The number of carbonyl (C=O) groups is 1. The van der Waals surface area contributed by atoms with E-state index in [1.807, 2.05) is 18.2 Å². The number of rotatable bonds is 8. The predicted octanol–water partition coefficient (Wildman–Crippen LogP) is 2.35. The molecule has 0 aliphatic carbocycles. The van der Waals surface area contributed by atoms with Crippen molar-refractivity contribution in [2.75, 3.05) is 26.7 Å². The minimum Gasteiger partial charge on any atom is -0.378 e. The van der Waals surface area contributed by atoms with E-state index in [2.05, 4.69) is 17.1 Å². The van der Waals surface area contributed by atoms with Crippen molar-refractivity contribution in [3.63, 3.8) is 0 Å². The quantitative estimate of drug-likeness (QED) is 0.789. The number of nitrogens with zero attached hydrogens (tertiary/aromatic N) is 2. The molecule has 7 heteroatoms. The molecule has 5 nitrogen and oxygen atoms in total. The molecule has 1 aromatic carbocycles. The van der Waals surface area contributed by atoms with Gasteiger partial charge in [0.2, 0.25) is 0 Å². The fraction of sp³-hybridized carbons (Fsp3) is 0.375. The first kappa shape index (κ1) is 19.6. The number of amides is 1. The number of ether oxygens (including phenoxy) is 1. The summed E-state index contributed by atoms with van der Waals surface area (Å²) < 4.78 is 5.04. The van der Waals surface area contributed by atoms with Crippen molar-refractivity contribution >= 4 is 29.7 Å². The van der Waals surface area contributed by atoms with Crippen molar-refractivity contribution in [3.05, 3.63) is 52.0 Å². The van der Waals surface area contributed by atoms with E-state index in [1.165, 1.54) is 16.9 Å². The number of halogens is 1. The van der Waals surface area contributed by atoms with Crippen LogP contribution in [0, 0.1) is 0 Å². The highest BCUT2D eigenvalue weighted by Crippen LogP contribution is 2.13. The van der Waals surface area contributed by atoms with E-state index in [4.69, 9.17) is 10.5 Å². The van der Waals surface area contributed by atoms with Gasteiger partial charge in [0.25, 0.3) is 5.91 Å². The van der Waals surface area contributed by atoms with Crippen molar-refractivity contribution in [1.82, 2.24) is 9.88 Å². The molecule has 0 spiro atoms. The van der Waals surface area contributed by atoms with E-state index >= 15 is 0 Å². The Kier molecular flexibility index (Phi) is 8.79. The van der Waals surface area contributed by atoms with Gasteiger partial charge in [-0.15, -0.1) is 23.7 Å². The van der Waals surface area contributed by atoms with Crippen molar-refractivity contribution in [3.8, 4) is 0 Å². The molecule has 0 radical (unpaired) electrons. The van der Waals surface area contributed by atoms with E-state index in [9.17, 15) is 4.79 Å².